The van der Waals surface area contributed by atoms with Crippen LogP contribution in [0, 0.1) is 0 Å². The Morgan fingerprint density at radius 1 is 0.636 bits per heavy atom. The summed E-state index contributed by atoms with van der Waals surface area (Å²) in [5, 5.41) is 0. The molecule has 4 aromatic rings. The van der Waals surface area contributed by atoms with Gasteiger partial charge in [-0.05, 0) is 33.4 Å². The van der Waals surface area contributed by atoms with Crippen molar-refractivity contribution in [3.63, 3.8) is 0 Å². The number of carbonyl (C=O) groups excluding carboxylic acids is 2. The van der Waals surface area contributed by atoms with Crippen molar-refractivity contribution in [2.75, 3.05) is 0 Å². The van der Waals surface area contributed by atoms with Crippen LogP contribution in [0.1, 0.15) is 34.3 Å². The predicted molar refractivity (Wildman–Crippen MR) is 124 cm³/mol. The first-order valence-electron chi connectivity index (χ1n) is 10.9. The van der Waals surface area contributed by atoms with E-state index in [1.807, 2.05) is 97.1 Å². The quantitative estimate of drug-likeness (QED) is 0.302. The molecule has 1 atom stereocenters. The van der Waals surface area contributed by atoms with Crippen molar-refractivity contribution in [3.05, 3.63) is 119 Å². The van der Waals surface area contributed by atoms with Gasteiger partial charge in [0.15, 0.2) is 6.10 Å². The second-order valence-electron chi connectivity index (χ2n) is 8.30. The smallest absolute Gasteiger partial charge is 0.349 e. The van der Waals surface area contributed by atoms with Crippen molar-refractivity contribution in [1.29, 1.82) is 0 Å². The first kappa shape index (κ1) is 19.5. The van der Waals surface area contributed by atoms with Crippen LogP contribution < -0.4 is 0 Å². The van der Waals surface area contributed by atoms with Crippen LogP contribution in [-0.2, 0) is 19.1 Å². The lowest BCUT2D eigenvalue weighted by Gasteiger charge is -2.25. The molecule has 0 N–H and O–H groups in total. The van der Waals surface area contributed by atoms with E-state index < -0.39 is 24.1 Å². The van der Waals surface area contributed by atoms with Crippen molar-refractivity contribution >= 4 is 12.4 Å². The highest BCUT2D eigenvalue weighted by Gasteiger charge is 2.42. The molecule has 33 heavy (non-hydrogen) atoms. The normalized spacial score (nSPS) is 14.5. The maximum atomic E-state index is 13.6. The van der Waals surface area contributed by atoms with Gasteiger partial charge in [-0.2, -0.15) is 0 Å². The van der Waals surface area contributed by atoms with Crippen LogP contribution in [0.2, 0.25) is 0 Å². The van der Waals surface area contributed by atoms with Gasteiger partial charge < -0.3 is 9.47 Å². The van der Waals surface area contributed by atoms with Gasteiger partial charge in [-0.1, -0.05) is 97.1 Å². The fraction of sp³-hybridized carbons (Fsp3) is 0.103. The summed E-state index contributed by atoms with van der Waals surface area (Å²) < 4.78 is 11.5. The number of benzene rings is 4. The van der Waals surface area contributed by atoms with Gasteiger partial charge in [0.25, 0.3) is 6.47 Å². The zero-order valence-electron chi connectivity index (χ0n) is 17.7. The molecule has 0 radical (unpaired) electrons. The summed E-state index contributed by atoms with van der Waals surface area (Å²) in [6.07, 6.45) is -1.64. The van der Waals surface area contributed by atoms with Gasteiger partial charge in [-0.15, -0.1) is 0 Å². The standard InChI is InChI=1S/C29H20O4/c30-17-32-28(26-22-13-5-1-9-18(22)19-10-2-6-14-23(19)26)29(31)33-27-24-15-7-3-11-20(24)21-12-4-8-16-25(21)27/h1-17,26-28H. The molecule has 0 saturated heterocycles. The molecule has 4 heteroatoms. The molecule has 0 saturated carbocycles. The largest absolute Gasteiger partial charge is 0.452 e. The lowest BCUT2D eigenvalue weighted by atomic mass is 9.91. The first-order valence-corrected chi connectivity index (χ1v) is 10.9. The van der Waals surface area contributed by atoms with Gasteiger partial charge in [-0.25, -0.2) is 4.79 Å². The van der Waals surface area contributed by atoms with E-state index >= 15 is 0 Å². The summed E-state index contributed by atoms with van der Waals surface area (Å²) in [6.45, 7) is 0.339. The molecule has 0 aromatic heterocycles. The Balaban J connectivity index is 1.40. The second kappa shape index (κ2) is 7.75. The molecule has 4 aromatic carbocycles. The number of ether oxygens (including phenoxy) is 2. The van der Waals surface area contributed by atoms with Gasteiger partial charge in [0.1, 0.15) is 0 Å². The lowest BCUT2D eigenvalue weighted by molar-refractivity contribution is -0.165. The van der Waals surface area contributed by atoms with E-state index in [0.717, 1.165) is 44.5 Å². The Morgan fingerprint density at radius 3 is 1.48 bits per heavy atom. The van der Waals surface area contributed by atoms with Crippen molar-refractivity contribution in [3.8, 4) is 22.3 Å². The fourth-order valence-corrected chi connectivity index (χ4v) is 5.27. The molecule has 0 amide bonds. The summed E-state index contributed by atoms with van der Waals surface area (Å²) >= 11 is 0. The zero-order valence-corrected chi connectivity index (χ0v) is 17.7. The van der Waals surface area contributed by atoms with Crippen LogP contribution in [0.4, 0.5) is 0 Å². The summed E-state index contributed by atoms with van der Waals surface area (Å²) in [5.74, 6) is -0.989. The zero-order chi connectivity index (χ0) is 22.4. The van der Waals surface area contributed by atoms with Crippen LogP contribution in [0.15, 0.2) is 97.1 Å². The Kier molecular flexibility index (Phi) is 4.58. The highest BCUT2D eigenvalue weighted by Crippen LogP contribution is 2.49. The average molecular weight is 432 g/mol. The minimum atomic E-state index is -1.09. The van der Waals surface area contributed by atoms with Gasteiger partial charge in [-0.3, -0.25) is 4.79 Å². The number of rotatable bonds is 5. The lowest BCUT2D eigenvalue weighted by Crippen LogP contribution is -2.33. The SMILES string of the molecule is O=COC(C(=O)OC1c2ccccc2-c2ccccc21)C1c2ccccc2-c2ccccc21. The van der Waals surface area contributed by atoms with E-state index in [-0.39, 0.29) is 0 Å². The molecule has 0 spiro atoms. The van der Waals surface area contributed by atoms with E-state index in [2.05, 4.69) is 0 Å². The number of hydrogen-bond donors (Lipinski definition) is 0. The van der Waals surface area contributed by atoms with E-state index in [0.29, 0.717) is 6.47 Å². The molecule has 6 rings (SSSR count). The Bertz CT molecular complexity index is 1300. The molecule has 2 aliphatic carbocycles. The number of fused-ring (bicyclic) bond motifs is 6. The van der Waals surface area contributed by atoms with Gasteiger partial charge >= 0.3 is 5.97 Å². The van der Waals surface area contributed by atoms with E-state index in [4.69, 9.17) is 9.47 Å². The Hall–Kier alpha value is -4.18. The second-order valence-corrected chi connectivity index (χ2v) is 8.30. The predicted octanol–water partition coefficient (Wildman–Crippen LogP) is 5.65. The van der Waals surface area contributed by atoms with E-state index in [1.165, 1.54) is 0 Å². The van der Waals surface area contributed by atoms with Crippen molar-refractivity contribution in [1.82, 2.24) is 0 Å². The summed E-state index contributed by atoms with van der Waals surface area (Å²) in [5.41, 5.74) is 7.97. The van der Waals surface area contributed by atoms with Crippen LogP contribution in [0.3, 0.4) is 0 Å². The minimum absolute atomic E-state index is 0.339. The fourth-order valence-electron chi connectivity index (χ4n) is 5.27. The molecule has 1 unspecified atom stereocenters. The van der Waals surface area contributed by atoms with Crippen molar-refractivity contribution in [2.24, 2.45) is 0 Å². The first-order chi connectivity index (χ1) is 16.3. The molecule has 0 fully saturated rings. The van der Waals surface area contributed by atoms with E-state index in [9.17, 15) is 9.59 Å². The Labute approximate surface area is 191 Å². The number of carbonyl (C=O) groups is 2. The van der Waals surface area contributed by atoms with Crippen molar-refractivity contribution < 1.29 is 19.1 Å². The number of esters is 1. The minimum Gasteiger partial charge on any atom is -0.452 e. The maximum Gasteiger partial charge on any atom is 0.349 e. The third kappa shape index (κ3) is 2.99. The summed E-state index contributed by atoms with van der Waals surface area (Å²) in [4.78, 5) is 25.1. The van der Waals surface area contributed by atoms with Crippen LogP contribution in [0.25, 0.3) is 22.3 Å². The Morgan fingerprint density at radius 2 is 1.03 bits per heavy atom. The third-order valence-corrected chi connectivity index (χ3v) is 6.63. The highest BCUT2D eigenvalue weighted by atomic mass is 16.6. The molecule has 160 valence electrons. The van der Waals surface area contributed by atoms with Gasteiger partial charge in [0.05, 0.1) is 5.92 Å². The molecule has 0 heterocycles. The summed E-state index contributed by atoms with van der Waals surface area (Å²) in [6, 6.07) is 31.7. The van der Waals surface area contributed by atoms with Gasteiger partial charge in [0, 0.05) is 11.1 Å². The molecule has 4 nitrogen and oxygen atoms in total. The van der Waals surface area contributed by atoms with Crippen LogP contribution >= 0.6 is 0 Å². The monoisotopic (exact) mass is 432 g/mol. The van der Waals surface area contributed by atoms with E-state index in [1.54, 1.807) is 0 Å². The maximum absolute atomic E-state index is 13.6. The van der Waals surface area contributed by atoms with Crippen LogP contribution in [0.5, 0.6) is 0 Å². The summed E-state index contributed by atoms with van der Waals surface area (Å²) in [7, 11) is 0. The molecular formula is C29H20O4. The average Bonchev–Trinajstić information content (AvgIpc) is 3.36. The topological polar surface area (TPSA) is 52.6 Å². The van der Waals surface area contributed by atoms with Gasteiger partial charge in [0.2, 0.25) is 6.10 Å². The highest BCUT2D eigenvalue weighted by molar-refractivity contribution is 5.87. The molecular weight excluding hydrogens is 412 g/mol. The van der Waals surface area contributed by atoms with Crippen LogP contribution in [-0.4, -0.2) is 18.5 Å². The van der Waals surface area contributed by atoms with Crippen molar-refractivity contribution in [2.45, 2.75) is 18.1 Å². The molecule has 0 aliphatic heterocycles. The third-order valence-electron chi connectivity index (χ3n) is 6.63. The number of hydrogen-bond acceptors (Lipinski definition) is 4. The molecule has 2 aliphatic rings. The molecule has 0 bridgehead atoms.